The molecule has 0 spiro atoms. The Labute approximate surface area is 307 Å². The lowest BCUT2D eigenvalue weighted by Crippen LogP contribution is -2.29. The van der Waals surface area contributed by atoms with Gasteiger partial charge in [0.15, 0.2) is 0 Å². The van der Waals surface area contributed by atoms with Gasteiger partial charge in [0, 0.05) is 28.3 Å². The molecule has 1 unspecified atom stereocenters. The molecule has 0 amide bonds. The van der Waals surface area contributed by atoms with Crippen LogP contribution in [0.2, 0.25) is 0 Å². The molecule has 6 aromatic rings. The molecule has 52 heavy (non-hydrogen) atoms. The van der Waals surface area contributed by atoms with Gasteiger partial charge in [-0.25, -0.2) is 0 Å². The summed E-state index contributed by atoms with van der Waals surface area (Å²) in [6.45, 7) is 8.58. The molecular formula is C50H44N2. The van der Waals surface area contributed by atoms with Crippen molar-refractivity contribution in [3.8, 4) is 11.1 Å². The predicted molar refractivity (Wildman–Crippen MR) is 219 cm³/mol. The Bertz CT molecular complexity index is 2410. The minimum Gasteiger partial charge on any atom is -0.357 e. The second kappa shape index (κ2) is 12.7. The van der Waals surface area contributed by atoms with Crippen LogP contribution in [-0.4, -0.2) is 9.97 Å². The van der Waals surface area contributed by atoms with E-state index in [1.807, 2.05) is 13.8 Å². The van der Waals surface area contributed by atoms with E-state index >= 15 is 0 Å². The number of aromatic nitrogens is 2. The van der Waals surface area contributed by atoms with Crippen LogP contribution >= 0.6 is 0 Å². The third-order valence-electron chi connectivity index (χ3n) is 11.4. The number of rotatable bonds is 3. The van der Waals surface area contributed by atoms with Gasteiger partial charge in [-0.3, -0.25) is 0 Å². The maximum absolute atomic E-state index is 3.78. The van der Waals surface area contributed by atoms with E-state index in [0.29, 0.717) is 11.8 Å². The van der Waals surface area contributed by atoms with Crippen molar-refractivity contribution < 1.29 is 0 Å². The summed E-state index contributed by atoms with van der Waals surface area (Å²) >= 11 is 0. The van der Waals surface area contributed by atoms with E-state index in [9.17, 15) is 0 Å². The van der Waals surface area contributed by atoms with Gasteiger partial charge in [-0.05, 0) is 103 Å². The van der Waals surface area contributed by atoms with Gasteiger partial charge in [-0.15, -0.1) is 0 Å². The number of nitrogens with one attached hydrogen (secondary N) is 2. The van der Waals surface area contributed by atoms with Crippen LogP contribution in [0.15, 0.2) is 191 Å². The van der Waals surface area contributed by atoms with Crippen LogP contribution in [0.1, 0.15) is 56.6 Å². The smallest absolute Gasteiger partial charge is 0.101 e. The SMILES string of the molecule is CC.CC(C)C1=CC=C2C=CC3=C4C(=CC=C1C24)CC=C3.c1ccc2c(c1)-c1ccccc1C2(c1cc2ccccc2[nH]1)c1cc2ccccc2[nH]1. The van der Waals surface area contributed by atoms with Crippen molar-refractivity contribution in [3.63, 3.8) is 0 Å². The first-order valence-corrected chi connectivity index (χ1v) is 18.9. The van der Waals surface area contributed by atoms with Crippen molar-refractivity contribution in [2.24, 2.45) is 11.8 Å². The summed E-state index contributed by atoms with van der Waals surface area (Å²) < 4.78 is 0. The highest BCUT2D eigenvalue weighted by atomic mass is 14.8. The monoisotopic (exact) mass is 672 g/mol. The van der Waals surface area contributed by atoms with E-state index in [-0.39, 0.29) is 0 Å². The van der Waals surface area contributed by atoms with E-state index in [2.05, 4.69) is 182 Å². The van der Waals surface area contributed by atoms with Crippen LogP contribution in [0.3, 0.4) is 0 Å². The number of fused-ring (bicyclic) bond motifs is 5. The van der Waals surface area contributed by atoms with Crippen LogP contribution in [0.4, 0.5) is 0 Å². The van der Waals surface area contributed by atoms with Crippen LogP contribution in [-0.2, 0) is 5.41 Å². The summed E-state index contributed by atoms with van der Waals surface area (Å²) in [7, 11) is 0. The zero-order valence-electron chi connectivity index (χ0n) is 30.4. The van der Waals surface area contributed by atoms with Gasteiger partial charge in [-0.1, -0.05) is 161 Å². The highest BCUT2D eigenvalue weighted by Gasteiger charge is 2.48. The molecule has 2 heterocycles. The van der Waals surface area contributed by atoms with Gasteiger partial charge in [-0.2, -0.15) is 0 Å². The molecule has 2 heteroatoms. The third-order valence-corrected chi connectivity index (χ3v) is 11.4. The van der Waals surface area contributed by atoms with Crippen molar-refractivity contribution in [1.82, 2.24) is 9.97 Å². The van der Waals surface area contributed by atoms with E-state index in [1.165, 1.54) is 72.3 Å². The van der Waals surface area contributed by atoms with E-state index in [1.54, 1.807) is 5.57 Å². The molecular weight excluding hydrogens is 629 g/mol. The highest BCUT2D eigenvalue weighted by molar-refractivity contribution is 5.90. The van der Waals surface area contributed by atoms with Gasteiger partial charge in [0.05, 0.1) is 0 Å². The van der Waals surface area contributed by atoms with Crippen molar-refractivity contribution in [2.45, 2.75) is 39.5 Å². The van der Waals surface area contributed by atoms with Crippen LogP contribution in [0.5, 0.6) is 0 Å². The van der Waals surface area contributed by atoms with Crippen LogP contribution in [0.25, 0.3) is 32.9 Å². The quantitative estimate of drug-likeness (QED) is 0.187. The van der Waals surface area contributed by atoms with Crippen LogP contribution < -0.4 is 0 Å². The molecule has 254 valence electrons. The average Bonchev–Trinajstić information content (AvgIpc) is 3.91. The first kappa shape index (κ1) is 32.1. The lowest BCUT2D eigenvalue weighted by molar-refractivity contribution is 0.717. The van der Waals surface area contributed by atoms with E-state index < -0.39 is 5.41 Å². The molecule has 2 aromatic heterocycles. The minimum absolute atomic E-state index is 0.425. The number of allylic oxidation sites excluding steroid dienone is 14. The van der Waals surface area contributed by atoms with Crippen molar-refractivity contribution in [1.29, 1.82) is 0 Å². The zero-order valence-corrected chi connectivity index (χ0v) is 30.4. The predicted octanol–water partition coefficient (Wildman–Crippen LogP) is 12.9. The summed E-state index contributed by atoms with van der Waals surface area (Å²) in [5.74, 6) is 1.08. The third kappa shape index (κ3) is 4.78. The van der Waals surface area contributed by atoms with Crippen molar-refractivity contribution in [2.75, 3.05) is 0 Å². The van der Waals surface area contributed by atoms with E-state index in [0.717, 1.165) is 17.5 Å². The Balaban J connectivity index is 0.000000147. The molecule has 0 fully saturated rings. The molecule has 0 saturated carbocycles. The number of aromatic amines is 2. The Morgan fingerprint density at radius 2 is 1.19 bits per heavy atom. The second-order valence-electron chi connectivity index (χ2n) is 14.4. The molecule has 2 N–H and O–H groups in total. The molecule has 5 aliphatic carbocycles. The maximum atomic E-state index is 3.78. The van der Waals surface area contributed by atoms with Gasteiger partial charge < -0.3 is 9.97 Å². The Morgan fingerprint density at radius 3 is 1.79 bits per heavy atom. The molecule has 0 radical (unpaired) electrons. The largest absolute Gasteiger partial charge is 0.357 e. The summed E-state index contributed by atoms with van der Waals surface area (Å²) in [5.41, 5.74) is 18.5. The molecule has 4 aromatic carbocycles. The highest BCUT2D eigenvalue weighted by Crippen LogP contribution is 2.56. The molecule has 0 bridgehead atoms. The van der Waals surface area contributed by atoms with Gasteiger partial charge in [0.1, 0.15) is 5.41 Å². The molecule has 0 aliphatic heterocycles. The summed E-state index contributed by atoms with van der Waals surface area (Å²) in [4.78, 5) is 7.57. The number of benzene rings is 4. The standard InChI is InChI=1S/C29H20N2.C19H18.C2H6/c1-7-15-25-19(9-1)17-27(30-25)29(28-18-20-10-2-8-16-26(20)31-28)23-13-5-3-11-21(23)22-12-4-6-14-24(22)29;1-12(2)16-10-8-15-7-6-13-4-3-5-14-9-11-17(16)19(15)18(13)14;1-2/h1-18,30-31H;3-4,6-12,19H,5H2,1-2H3;1-2H3. The summed E-state index contributed by atoms with van der Waals surface area (Å²) in [6.07, 6.45) is 19.6. The first-order chi connectivity index (χ1) is 25.6. The molecule has 5 aliphatic rings. The molecule has 11 rings (SSSR count). The minimum atomic E-state index is -0.425. The van der Waals surface area contributed by atoms with Gasteiger partial charge >= 0.3 is 0 Å². The van der Waals surface area contributed by atoms with Gasteiger partial charge in [0.25, 0.3) is 0 Å². The molecule has 2 nitrogen and oxygen atoms in total. The maximum Gasteiger partial charge on any atom is 0.101 e. The number of hydrogen-bond donors (Lipinski definition) is 2. The van der Waals surface area contributed by atoms with E-state index in [4.69, 9.17) is 0 Å². The van der Waals surface area contributed by atoms with Crippen LogP contribution in [0, 0.1) is 11.8 Å². The fourth-order valence-electron chi connectivity index (χ4n) is 9.16. The molecule has 1 atom stereocenters. The summed E-state index contributed by atoms with van der Waals surface area (Å²) in [5, 5.41) is 2.46. The first-order valence-electron chi connectivity index (χ1n) is 18.9. The Morgan fingerprint density at radius 1 is 0.615 bits per heavy atom. The zero-order chi connectivity index (χ0) is 35.4. The van der Waals surface area contributed by atoms with Gasteiger partial charge in [0.2, 0.25) is 0 Å². The average molecular weight is 673 g/mol. The lowest BCUT2D eigenvalue weighted by Gasteiger charge is -2.38. The van der Waals surface area contributed by atoms with Crippen molar-refractivity contribution >= 4 is 21.8 Å². The normalized spacial score (nSPS) is 18.3. The number of hydrogen-bond acceptors (Lipinski definition) is 0. The Kier molecular flexibility index (Phi) is 7.85. The lowest BCUT2D eigenvalue weighted by atomic mass is 9.66. The summed E-state index contributed by atoms with van der Waals surface area (Å²) in [6, 6.07) is 39.4. The molecule has 0 saturated heterocycles. The fraction of sp³-hybridized carbons (Fsp3) is 0.160. The number of H-pyrrole nitrogens is 2. The Hall–Kier alpha value is -5.86. The second-order valence-corrected chi connectivity index (χ2v) is 14.4. The fourth-order valence-corrected chi connectivity index (χ4v) is 9.16. The number of para-hydroxylation sites is 2. The van der Waals surface area contributed by atoms with Crippen molar-refractivity contribution in [3.05, 3.63) is 214 Å². The topological polar surface area (TPSA) is 31.6 Å².